The van der Waals surface area contributed by atoms with E-state index in [2.05, 4.69) is 10.2 Å². The monoisotopic (exact) mass is 346 g/mol. The second kappa shape index (κ2) is 7.14. The lowest BCUT2D eigenvalue weighted by Gasteiger charge is -2.35. The third-order valence-electron chi connectivity index (χ3n) is 5.85. The Kier molecular flexibility index (Phi) is 4.72. The summed E-state index contributed by atoms with van der Waals surface area (Å²) in [5.74, 6) is 1.91. The van der Waals surface area contributed by atoms with Gasteiger partial charge in [0.25, 0.3) is 0 Å². The summed E-state index contributed by atoms with van der Waals surface area (Å²) in [6.45, 7) is 3.22. The van der Waals surface area contributed by atoms with E-state index in [0.717, 1.165) is 64.7 Å². The van der Waals surface area contributed by atoms with Crippen LogP contribution in [0.25, 0.3) is 0 Å². The molecular formula is C18H26N4O3. The molecule has 0 unspecified atom stereocenters. The summed E-state index contributed by atoms with van der Waals surface area (Å²) in [7, 11) is 0. The Morgan fingerprint density at radius 2 is 1.64 bits per heavy atom. The summed E-state index contributed by atoms with van der Waals surface area (Å²) in [6, 6.07) is 0. The van der Waals surface area contributed by atoms with Crippen LogP contribution in [-0.4, -0.2) is 58.0 Å². The Balaban J connectivity index is 1.29. The predicted octanol–water partition coefficient (Wildman–Crippen LogP) is 1.74. The minimum Gasteiger partial charge on any atom is -0.424 e. The van der Waals surface area contributed by atoms with Gasteiger partial charge in [-0.05, 0) is 38.5 Å². The molecule has 2 aliphatic heterocycles. The van der Waals surface area contributed by atoms with Gasteiger partial charge in [0, 0.05) is 38.0 Å². The van der Waals surface area contributed by atoms with Crippen molar-refractivity contribution >= 4 is 11.8 Å². The molecule has 3 heterocycles. The summed E-state index contributed by atoms with van der Waals surface area (Å²) in [4.78, 5) is 28.3. The van der Waals surface area contributed by atoms with E-state index in [9.17, 15) is 9.59 Å². The van der Waals surface area contributed by atoms with Crippen molar-refractivity contribution in [3.63, 3.8) is 0 Å². The fourth-order valence-electron chi connectivity index (χ4n) is 3.97. The second-order valence-corrected chi connectivity index (χ2v) is 7.53. The van der Waals surface area contributed by atoms with Gasteiger partial charge in [-0.2, -0.15) is 0 Å². The van der Waals surface area contributed by atoms with E-state index in [1.165, 1.54) is 6.42 Å². The van der Waals surface area contributed by atoms with Gasteiger partial charge < -0.3 is 14.2 Å². The van der Waals surface area contributed by atoms with Crippen molar-refractivity contribution in [1.29, 1.82) is 0 Å². The largest absolute Gasteiger partial charge is 0.424 e. The Morgan fingerprint density at radius 1 is 0.920 bits per heavy atom. The molecule has 3 fully saturated rings. The number of rotatable bonds is 4. The molecule has 1 aromatic heterocycles. The molecule has 0 aromatic carbocycles. The number of carbonyl (C=O) groups is 2. The summed E-state index contributed by atoms with van der Waals surface area (Å²) < 4.78 is 5.76. The van der Waals surface area contributed by atoms with Crippen molar-refractivity contribution in [3.05, 3.63) is 11.8 Å². The van der Waals surface area contributed by atoms with Crippen LogP contribution in [0.5, 0.6) is 0 Å². The first kappa shape index (κ1) is 16.5. The fraction of sp³-hybridized carbons (Fsp3) is 0.778. The third-order valence-corrected chi connectivity index (χ3v) is 5.85. The fourth-order valence-corrected chi connectivity index (χ4v) is 3.97. The molecule has 7 nitrogen and oxygen atoms in total. The van der Waals surface area contributed by atoms with Crippen LogP contribution < -0.4 is 0 Å². The standard InChI is InChI=1S/C18H26N4O3/c23-16(21-8-1-2-9-21)12-15-19-20-17(25-15)13-6-10-22(11-7-13)18(24)14-4-3-5-14/h13-14H,1-12H2. The average Bonchev–Trinajstić information content (AvgIpc) is 3.25. The molecule has 0 N–H and O–H groups in total. The Hall–Kier alpha value is -1.92. The number of aromatic nitrogens is 2. The molecule has 136 valence electrons. The smallest absolute Gasteiger partial charge is 0.231 e. The highest BCUT2D eigenvalue weighted by Gasteiger charge is 2.33. The summed E-state index contributed by atoms with van der Waals surface area (Å²) in [5, 5.41) is 8.22. The van der Waals surface area contributed by atoms with E-state index in [1.54, 1.807) is 0 Å². The van der Waals surface area contributed by atoms with E-state index in [0.29, 0.717) is 17.7 Å². The van der Waals surface area contributed by atoms with E-state index < -0.39 is 0 Å². The molecule has 3 aliphatic rings. The zero-order chi connectivity index (χ0) is 17.2. The van der Waals surface area contributed by atoms with Gasteiger partial charge in [-0.15, -0.1) is 10.2 Å². The zero-order valence-electron chi connectivity index (χ0n) is 14.7. The van der Waals surface area contributed by atoms with Crippen LogP contribution in [0.2, 0.25) is 0 Å². The van der Waals surface area contributed by atoms with Crippen molar-refractivity contribution in [2.45, 2.75) is 57.3 Å². The number of nitrogens with zero attached hydrogens (tertiary/aromatic N) is 4. The van der Waals surface area contributed by atoms with E-state index in [1.807, 2.05) is 9.80 Å². The van der Waals surface area contributed by atoms with Gasteiger partial charge in [-0.1, -0.05) is 6.42 Å². The Labute approximate surface area is 147 Å². The van der Waals surface area contributed by atoms with E-state index >= 15 is 0 Å². The second-order valence-electron chi connectivity index (χ2n) is 7.53. The van der Waals surface area contributed by atoms with Gasteiger partial charge in [-0.25, -0.2) is 0 Å². The summed E-state index contributed by atoms with van der Waals surface area (Å²) >= 11 is 0. The van der Waals surface area contributed by atoms with Crippen molar-refractivity contribution in [2.75, 3.05) is 26.2 Å². The van der Waals surface area contributed by atoms with Crippen LogP contribution >= 0.6 is 0 Å². The molecule has 0 bridgehead atoms. The van der Waals surface area contributed by atoms with Crippen LogP contribution in [0.1, 0.15) is 62.6 Å². The quantitative estimate of drug-likeness (QED) is 0.830. The van der Waals surface area contributed by atoms with Crippen LogP contribution in [0.3, 0.4) is 0 Å². The minimum absolute atomic E-state index is 0.0774. The average molecular weight is 346 g/mol. The van der Waals surface area contributed by atoms with Gasteiger partial charge in [0.2, 0.25) is 23.6 Å². The molecule has 25 heavy (non-hydrogen) atoms. The number of hydrogen-bond donors (Lipinski definition) is 0. The van der Waals surface area contributed by atoms with E-state index in [4.69, 9.17) is 4.42 Å². The predicted molar refractivity (Wildman–Crippen MR) is 89.7 cm³/mol. The highest BCUT2D eigenvalue weighted by atomic mass is 16.4. The molecule has 1 saturated carbocycles. The van der Waals surface area contributed by atoms with Crippen LogP contribution in [0, 0.1) is 5.92 Å². The number of amides is 2. The molecule has 2 amide bonds. The molecule has 7 heteroatoms. The Morgan fingerprint density at radius 3 is 2.28 bits per heavy atom. The van der Waals surface area contributed by atoms with Gasteiger partial charge >= 0.3 is 0 Å². The van der Waals surface area contributed by atoms with Gasteiger partial charge in [0.15, 0.2) is 0 Å². The number of piperidine rings is 1. The maximum absolute atomic E-state index is 12.3. The van der Waals surface area contributed by atoms with Crippen LogP contribution in [0.15, 0.2) is 4.42 Å². The van der Waals surface area contributed by atoms with Crippen LogP contribution in [0.4, 0.5) is 0 Å². The van der Waals surface area contributed by atoms with Gasteiger partial charge in [-0.3, -0.25) is 9.59 Å². The van der Waals surface area contributed by atoms with Crippen molar-refractivity contribution in [1.82, 2.24) is 20.0 Å². The molecule has 0 atom stereocenters. The van der Waals surface area contributed by atoms with Crippen molar-refractivity contribution in [2.24, 2.45) is 5.92 Å². The number of hydrogen-bond acceptors (Lipinski definition) is 5. The summed E-state index contributed by atoms with van der Waals surface area (Å²) in [5.41, 5.74) is 0. The highest BCUT2D eigenvalue weighted by molar-refractivity contribution is 5.79. The van der Waals surface area contributed by atoms with Gasteiger partial charge in [0.05, 0.1) is 0 Å². The lowest BCUT2D eigenvalue weighted by molar-refractivity contribution is -0.139. The van der Waals surface area contributed by atoms with Crippen molar-refractivity contribution < 1.29 is 14.0 Å². The molecule has 1 aromatic rings. The van der Waals surface area contributed by atoms with Gasteiger partial charge in [0.1, 0.15) is 6.42 Å². The minimum atomic E-state index is 0.0774. The number of likely N-dealkylation sites (tertiary alicyclic amines) is 2. The SMILES string of the molecule is O=C(Cc1nnc(C2CCN(C(=O)C3CCC3)CC2)o1)N1CCCC1. The molecule has 1 aliphatic carbocycles. The lowest BCUT2D eigenvalue weighted by atomic mass is 9.83. The maximum atomic E-state index is 12.3. The number of carbonyl (C=O) groups excluding carboxylic acids is 2. The molecule has 4 rings (SSSR count). The van der Waals surface area contributed by atoms with Crippen molar-refractivity contribution in [3.8, 4) is 0 Å². The first-order valence-corrected chi connectivity index (χ1v) is 9.59. The lowest BCUT2D eigenvalue weighted by Crippen LogP contribution is -2.43. The van der Waals surface area contributed by atoms with E-state index in [-0.39, 0.29) is 24.2 Å². The summed E-state index contributed by atoms with van der Waals surface area (Å²) in [6.07, 6.45) is 7.38. The first-order chi connectivity index (χ1) is 12.2. The molecule has 2 saturated heterocycles. The molecule has 0 radical (unpaired) electrons. The molecule has 0 spiro atoms. The normalized spacial score (nSPS) is 22.2. The Bertz CT molecular complexity index is 626. The molecular weight excluding hydrogens is 320 g/mol. The van der Waals surface area contributed by atoms with Crippen LogP contribution in [-0.2, 0) is 16.0 Å². The maximum Gasteiger partial charge on any atom is 0.231 e. The third kappa shape index (κ3) is 3.55. The highest BCUT2D eigenvalue weighted by Crippen LogP contribution is 2.32. The topological polar surface area (TPSA) is 79.5 Å². The zero-order valence-corrected chi connectivity index (χ0v) is 14.7. The first-order valence-electron chi connectivity index (χ1n) is 9.59.